The van der Waals surface area contributed by atoms with Gasteiger partial charge in [0, 0.05) is 15.4 Å². The molecule has 3 heteroatoms. The molecule has 0 radical (unpaired) electrons. The molecule has 1 atom stereocenters. The van der Waals surface area contributed by atoms with Crippen LogP contribution in [0.3, 0.4) is 0 Å². The van der Waals surface area contributed by atoms with Crippen molar-refractivity contribution < 1.29 is 5.11 Å². The van der Waals surface area contributed by atoms with Gasteiger partial charge in [-0.15, -0.1) is 0 Å². The van der Waals surface area contributed by atoms with Crippen molar-refractivity contribution in [2.24, 2.45) is 0 Å². The number of rotatable bonds is 1. The molecule has 0 bridgehead atoms. The molecule has 0 saturated carbocycles. The third-order valence-corrected chi connectivity index (χ3v) is 2.84. The molecule has 9 heavy (non-hydrogen) atoms. The first-order chi connectivity index (χ1) is 4.22. The lowest BCUT2D eigenvalue weighted by atomic mass is 10.2. The zero-order chi connectivity index (χ0) is 6.85. The fourth-order valence-electron chi connectivity index (χ4n) is 0.589. The molecular formula is C6H7BrOS. The Morgan fingerprint density at radius 3 is 2.56 bits per heavy atom. The molecule has 1 rings (SSSR count). The summed E-state index contributed by atoms with van der Waals surface area (Å²) in [6, 6.07) is 0. The molecule has 0 spiro atoms. The first kappa shape index (κ1) is 7.25. The van der Waals surface area contributed by atoms with Crippen LogP contribution >= 0.6 is 27.3 Å². The van der Waals surface area contributed by atoms with E-state index in [1.54, 1.807) is 18.3 Å². The van der Waals surface area contributed by atoms with E-state index in [-0.39, 0.29) is 6.10 Å². The van der Waals surface area contributed by atoms with Gasteiger partial charge in [-0.25, -0.2) is 0 Å². The molecule has 1 unspecified atom stereocenters. The molecule has 0 amide bonds. The van der Waals surface area contributed by atoms with Crippen LogP contribution < -0.4 is 0 Å². The normalized spacial score (nSPS) is 13.7. The van der Waals surface area contributed by atoms with Crippen LogP contribution in [0, 0.1) is 0 Å². The first-order valence-corrected chi connectivity index (χ1v) is 4.35. The van der Waals surface area contributed by atoms with Crippen molar-refractivity contribution in [2.75, 3.05) is 0 Å². The Balaban J connectivity index is 2.94. The highest BCUT2D eigenvalue weighted by atomic mass is 79.9. The molecule has 0 aliphatic heterocycles. The van der Waals surface area contributed by atoms with Gasteiger partial charge in [-0.3, -0.25) is 0 Å². The van der Waals surface area contributed by atoms with Gasteiger partial charge in [0.1, 0.15) is 0 Å². The van der Waals surface area contributed by atoms with E-state index in [4.69, 9.17) is 5.11 Å². The molecule has 50 valence electrons. The molecule has 1 nitrogen and oxygen atoms in total. The minimum Gasteiger partial charge on any atom is -0.389 e. The Hall–Kier alpha value is 0.140. The molecular weight excluding hydrogens is 200 g/mol. The van der Waals surface area contributed by atoms with E-state index in [2.05, 4.69) is 15.9 Å². The number of halogens is 1. The number of aliphatic hydroxyl groups is 1. The van der Waals surface area contributed by atoms with E-state index in [9.17, 15) is 0 Å². The van der Waals surface area contributed by atoms with Gasteiger partial charge in [-0.1, -0.05) is 0 Å². The highest BCUT2D eigenvalue weighted by Gasteiger charge is 2.04. The van der Waals surface area contributed by atoms with Gasteiger partial charge in [0.2, 0.25) is 0 Å². The Kier molecular flexibility index (Phi) is 2.27. The van der Waals surface area contributed by atoms with Crippen LogP contribution in [-0.4, -0.2) is 5.11 Å². The summed E-state index contributed by atoms with van der Waals surface area (Å²) in [7, 11) is 0. The highest BCUT2D eigenvalue weighted by Crippen LogP contribution is 2.26. The van der Waals surface area contributed by atoms with Crippen LogP contribution in [0.5, 0.6) is 0 Å². The third-order valence-electron chi connectivity index (χ3n) is 1.09. The lowest BCUT2D eigenvalue weighted by Gasteiger charge is -1.99. The summed E-state index contributed by atoms with van der Waals surface area (Å²) < 4.78 is 1.00. The van der Waals surface area contributed by atoms with Crippen LogP contribution in [0.4, 0.5) is 0 Å². The predicted octanol–water partition coefficient (Wildman–Crippen LogP) is 2.56. The van der Waals surface area contributed by atoms with Crippen LogP contribution in [-0.2, 0) is 0 Å². The van der Waals surface area contributed by atoms with E-state index >= 15 is 0 Å². The van der Waals surface area contributed by atoms with Crippen molar-refractivity contribution >= 4 is 27.3 Å². The van der Waals surface area contributed by atoms with Gasteiger partial charge >= 0.3 is 0 Å². The maximum Gasteiger partial charge on any atom is 0.0780 e. The monoisotopic (exact) mass is 206 g/mol. The fourth-order valence-corrected chi connectivity index (χ4v) is 2.30. The SMILES string of the molecule is CC(O)c1cscc1Br. The smallest absolute Gasteiger partial charge is 0.0780 e. The molecule has 0 saturated heterocycles. The molecule has 0 fully saturated rings. The van der Waals surface area contributed by atoms with E-state index in [1.807, 2.05) is 10.8 Å². The Labute approximate surface area is 66.5 Å². The molecule has 1 heterocycles. The molecule has 0 aromatic carbocycles. The number of hydrogen-bond acceptors (Lipinski definition) is 2. The zero-order valence-electron chi connectivity index (χ0n) is 4.97. The van der Waals surface area contributed by atoms with Gasteiger partial charge < -0.3 is 5.11 Å². The quantitative estimate of drug-likeness (QED) is 0.750. The van der Waals surface area contributed by atoms with Crippen LogP contribution in [0.2, 0.25) is 0 Å². The van der Waals surface area contributed by atoms with Crippen molar-refractivity contribution in [3.63, 3.8) is 0 Å². The molecule has 1 N–H and O–H groups in total. The summed E-state index contributed by atoms with van der Waals surface area (Å²) in [4.78, 5) is 0. The fraction of sp³-hybridized carbons (Fsp3) is 0.333. The Bertz CT molecular complexity index is 195. The molecule has 1 aromatic rings. The lowest BCUT2D eigenvalue weighted by molar-refractivity contribution is 0.199. The van der Waals surface area contributed by atoms with Gasteiger partial charge in [-0.05, 0) is 28.2 Å². The van der Waals surface area contributed by atoms with Crippen molar-refractivity contribution in [3.8, 4) is 0 Å². The van der Waals surface area contributed by atoms with Crippen molar-refractivity contribution in [3.05, 3.63) is 20.8 Å². The van der Waals surface area contributed by atoms with E-state index in [0.717, 1.165) is 10.0 Å². The standard InChI is InChI=1S/C6H7BrOS/c1-4(8)5-2-9-3-6(5)7/h2-4,8H,1H3. The van der Waals surface area contributed by atoms with E-state index in [0.29, 0.717) is 0 Å². The summed E-state index contributed by atoms with van der Waals surface area (Å²) >= 11 is 4.90. The van der Waals surface area contributed by atoms with Gasteiger partial charge in [0.15, 0.2) is 0 Å². The second kappa shape index (κ2) is 2.82. The van der Waals surface area contributed by atoms with Crippen molar-refractivity contribution in [1.82, 2.24) is 0 Å². The third kappa shape index (κ3) is 1.53. The zero-order valence-corrected chi connectivity index (χ0v) is 7.37. The minimum atomic E-state index is -0.356. The maximum atomic E-state index is 9.07. The highest BCUT2D eigenvalue weighted by molar-refractivity contribution is 9.10. The lowest BCUT2D eigenvalue weighted by Crippen LogP contribution is -1.86. The second-order valence-corrected chi connectivity index (χ2v) is 3.45. The topological polar surface area (TPSA) is 20.2 Å². The summed E-state index contributed by atoms with van der Waals surface area (Å²) in [6.07, 6.45) is -0.356. The predicted molar refractivity (Wildman–Crippen MR) is 42.7 cm³/mol. The second-order valence-electron chi connectivity index (χ2n) is 1.85. The van der Waals surface area contributed by atoms with Gasteiger partial charge in [0.05, 0.1) is 6.10 Å². The van der Waals surface area contributed by atoms with Gasteiger partial charge in [-0.2, -0.15) is 11.3 Å². The molecule has 0 aliphatic rings. The van der Waals surface area contributed by atoms with Crippen molar-refractivity contribution in [2.45, 2.75) is 13.0 Å². The molecule has 0 aliphatic carbocycles. The average molecular weight is 207 g/mol. The minimum absolute atomic E-state index is 0.356. The number of aliphatic hydroxyl groups excluding tert-OH is 1. The Morgan fingerprint density at radius 2 is 2.33 bits per heavy atom. The summed E-state index contributed by atoms with van der Waals surface area (Å²) in [5, 5.41) is 13.0. The van der Waals surface area contributed by atoms with Crippen LogP contribution in [0.1, 0.15) is 18.6 Å². The first-order valence-electron chi connectivity index (χ1n) is 2.61. The van der Waals surface area contributed by atoms with Crippen molar-refractivity contribution in [1.29, 1.82) is 0 Å². The van der Waals surface area contributed by atoms with Gasteiger partial charge in [0.25, 0.3) is 0 Å². The largest absolute Gasteiger partial charge is 0.389 e. The number of thiophene rings is 1. The average Bonchev–Trinajstić information content (AvgIpc) is 2.13. The Morgan fingerprint density at radius 1 is 1.67 bits per heavy atom. The van der Waals surface area contributed by atoms with Crippen LogP contribution in [0.25, 0.3) is 0 Å². The van der Waals surface area contributed by atoms with E-state index < -0.39 is 0 Å². The van der Waals surface area contributed by atoms with Crippen LogP contribution in [0.15, 0.2) is 15.2 Å². The maximum absolute atomic E-state index is 9.07. The van der Waals surface area contributed by atoms with E-state index in [1.165, 1.54) is 0 Å². The number of hydrogen-bond donors (Lipinski definition) is 1. The summed E-state index contributed by atoms with van der Waals surface area (Å²) in [6.45, 7) is 1.76. The molecule has 1 aromatic heterocycles. The summed E-state index contributed by atoms with van der Waals surface area (Å²) in [5.41, 5.74) is 0.972. The summed E-state index contributed by atoms with van der Waals surface area (Å²) in [5.74, 6) is 0.